The highest BCUT2D eigenvalue weighted by Crippen LogP contribution is 2.47. The Morgan fingerprint density at radius 1 is 1.38 bits per heavy atom. The summed E-state index contributed by atoms with van der Waals surface area (Å²) in [4.78, 5) is 12.6. The van der Waals surface area contributed by atoms with Gasteiger partial charge in [0.05, 0.1) is 23.8 Å². The summed E-state index contributed by atoms with van der Waals surface area (Å²) in [5, 5.41) is 14.9. The summed E-state index contributed by atoms with van der Waals surface area (Å²) in [6.07, 6.45) is 0.583. The van der Waals surface area contributed by atoms with Crippen molar-refractivity contribution in [2.45, 2.75) is 25.1 Å². The zero-order valence-corrected chi connectivity index (χ0v) is 15.1. The first-order valence-electron chi connectivity index (χ1n) is 8.14. The minimum Gasteiger partial charge on any atom is -0.495 e. The second-order valence-electron chi connectivity index (χ2n) is 6.47. The largest absolute Gasteiger partial charge is 0.495 e. The number of nitrogens with one attached hydrogen (secondary N) is 1. The molecule has 0 unspecified atom stereocenters. The molecule has 7 nitrogen and oxygen atoms in total. The molecule has 2 atom stereocenters. The lowest BCUT2D eigenvalue weighted by Gasteiger charge is -2.52. The fourth-order valence-electron chi connectivity index (χ4n) is 3.65. The zero-order chi connectivity index (χ0) is 18.5. The zero-order valence-electron chi connectivity index (χ0n) is 14.3. The Balaban J connectivity index is 1.80. The number of non-ortho nitro benzene ring substituents is 1. The third-order valence-corrected chi connectivity index (χ3v) is 5.09. The van der Waals surface area contributed by atoms with Gasteiger partial charge in [-0.05, 0) is 37.3 Å². The first-order chi connectivity index (χ1) is 12.4. The fraction of sp³-hybridized carbons (Fsp3) is 0.278. The van der Waals surface area contributed by atoms with Crippen molar-refractivity contribution in [1.29, 1.82) is 0 Å². The minimum atomic E-state index is -0.731. The van der Waals surface area contributed by atoms with Crippen molar-refractivity contribution in [1.82, 2.24) is 5.32 Å². The summed E-state index contributed by atoms with van der Waals surface area (Å²) in [6.45, 7) is 1.96. The van der Waals surface area contributed by atoms with E-state index in [0.29, 0.717) is 23.0 Å². The maximum absolute atomic E-state index is 11.1. The van der Waals surface area contributed by atoms with Crippen LogP contribution in [-0.2, 0) is 0 Å². The van der Waals surface area contributed by atoms with Crippen molar-refractivity contribution in [3.8, 4) is 11.5 Å². The molecule has 8 heteroatoms. The molecular weight excluding hydrogens is 354 g/mol. The van der Waals surface area contributed by atoms with E-state index in [1.807, 2.05) is 36.1 Å². The van der Waals surface area contributed by atoms with Crippen molar-refractivity contribution >= 4 is 28.7 Å². The molecule has 0 spiro atoms. The number of rotatable bonds is 3. The summed E-state index contributed by atoms with van der Waals surface area (Å²) < 4.78 is 11.8. The Morgan fingerprint density at radius 3 is 2.88 bits per heavy atom. The quantitative estimate of drug-likeness (QED) is 0.502. The van der Waals surface area contributed by atoms with Gasteiger partial charge in [-0.15, -0.1) is 0 Å². The number of fused-ring (bicyclic) bond motifs is 4. The van der Waals surface area contributed by atoms with Gasteiger partial charge in [0.1, 0.15) is 11.5 Å². The highest BCUT2D eigenvalue weighted by Gasteiger charge is 2.49. The van der Waals surface area contributed by atoms with Gasteiger partial charge in [-0.1, -0.05) is 12.1 Å². The van der Waals surface area contributed by atoms with Crippen LogP contribution in [0.25, 0.3) is 0 Å². The normalized spacial score (nSPS) is 23.5. The predicted molar refractivity (Wildman–Crippen MR) is 101 cm³/mol. The van der Waals surface area contributed by atoms with Crippen molar-refractivity contribution in [2.24, 2.45) is 0 Å². The van der Waals surface area contributed by atoms with Gasteiger partial charge >= 0.3 is 0 Å². The van der Waals surface area contributed by atoms with Crippen LogP contribution in [-0.4, -0.2) is 22.9 Å². The van der Waals surface area contributed by atoms with Crippen LogP contribution in [0.2, 0.25) is 0 Å². The van der Waals surface area contributed by atoms with Gasteiger partial charge in [0, 0.05) is 24.1 Å². The van der Waals surface area contributed by atoms with Crippen LogP contribution in [0.4, 0.5) is 11.4 Å². The van der Waals surface area contributed by atoms with Gasteiger partial charge in [0.15, 0.2) is 10.8 Å². The number of para-hydroxylation sites is 2. The standard InChI is InChI=1S/C18H17N3O4S/c1-18-10-13(12-9-11(21(22)23)7-8-15(12)25-18)19-17(26)20(18)14-5-3-4-6-16(14)24-2/h3-9,13H,10H2,1-2H3,(H,19,26)/t13-,18-/m1/s1. The van der Waals surface area contributed by atoms with Crippen LogP contribution >= 0.6 is 12.2 Å². The van der Waals surface area contributed by atoms with E-state index in [1.165, 1.54) is 6.07 Å². The molecule has 26 heavy (non-hydrogen) atoms. The van der Waals surface area contributed by atoms with Gasteiger partial charge < -0.3 is 14.8 Å². The van der Waals surface area contributed by atoms with E-state index in [1.54, 1.807) is 19.2 Å². The molecule has 1 N–H and O–H groups in total. The molecule has 0 aromatic heterocycles. The maximum atomic E-state index is 11.1. The monoisotopic (exact) mass is 371 g/mol. The third kappa shape index (κ3) is 2.45. The number of benzene rings is 2. The summed E-state index contributed by atoms with van der Waals surface area (Å²) in [7, 11) is 1.61. The van der Waals surface area contributed by atoms with E-state index >= 15 is 0 Å². The fourth-order valence-corrected chi connectivity index (χ4v) is 4.09. The Morgan fingerprint density at radius 2 is 2.15 bits per heavy atom. The van der Waals surface area contributed by atoms with Gasteiger partial charge in [-0.2, -0.15) is 0 Å². The van der Waals surface area contributed by atoms with Crippen molar-refractivity contribution in [3.05, 3.63) is 58.1 Å². The van der Waals surface area contributed by atoms with E-state index in [9.17, 15) is 10.1 Å². The van der Waals surface area contributed by atoms with E-state index in [0.717, 1.165) is 11.3 Å². The van der Waals surface area contributed by atoms with Gasteiger partial charge in [-0.25, -0.2) is 0 Å². The Hall–Kier alpha value is -2.87. The molecule has 4 rings (SSSR count). The minimum absolute atomic E-state index is 0.0378. The first kappa shape index (κ1) is 16.6. The first-order valence-corrected chi connectivity index (χ1v) is 8.55. The number of ether oxygens (including phenoxy) is 2. The number of methoxy groups -OCH3 is 1. The summed E-state index contributed by atoms with van der Waals surface area (Å²) in [6, 6.07) is 12.1. The average Bonchev–Trinajstić information content (AvgIpc) is 2.61. The smallest absolute Gasteiger partial charge is 0.270 e. The molecule has 2 aromatic carbocycles. The van der Waals surface area contributed by atoms with Crippen LogP contribution in [0.5, 0.6) is 11.5 Å². The number of thiocarbonyl (C=S) groups is 1. The van der Waals surface area contributed by atoms with Crippen LogP contribution in [0.15, 0.2) is 42.5 Å². The topological polar surface area (TPSA) is 76.9 Å². The average molecular weight is 371 g/mol. The Bertz CT molecular complexity index is 919. The summed E-state index contributed by atoms with van der Waals surface area (Å²) in [5.41, 5.74) is 0.860. The number of nitro benzene ring substituents is 1. The molecule has 0 saturated carbocycles. The number of nitrogens with zero attached hydrogens (tertiary/aromatic N) is 2. The lowest BCUT2D eigenvalue weighted by molar-refractivity contribution is -0.385. The Labute approximate surface area is 155 Å². The van der Waals surface area contributed by atoms with Crippen LogP contribution in [0, 0.1) is 10.1 Å². The van der Waals surface area contributed by atoms with Crippen LogP contribution in [0.1, 0.15) is 24.9 Å². The van der Waals surface area contributed by atoms with Crippen LogP contribution in [0.3, 0.4) is 0 Å². The molecule has 2 bridgehead atoms. The van der Waals surface area contributed by atoms with Crippen LogP contribution < -0.4 is 19.7 Å². The lowest BCUT2D eigenvalue weighted by atomic mass is 9.90. The maximum Gasteiger partial charge on any atom is 0.270 e. The number of nitro groups is 1. The van der Waals surface area contributed by atoms with E-state index in [2.05, 4.69) is 5.32 Å². The van der Waals surface area contributed by atoms with E-state index in [-0.39, 0.29) is 11.7 Å². The summed E-state index contributed by atoms with van der Waals surface area (Å²) in [5.74, 6) is 1.30. The van der Waals surface area contributed by atoms with Crippen molar-refractivity contribution in [2.75, 3.05) is 12.0 Å². The van der Waals surface area contributed by atoms with Crippen molar-refractivity contribution < 1.29 is 14.4 Å². The molecule has 2 aliphatic rings. The molecule has 0 aliphatic carbocycles. The SMILES string of the molecule is COc1ccccc1N1C(=S)N[C@@H]2C[C@@]1(C)Oc1ccc([N+](=O)[O-])cc12. The lowest BCUT2D eigenvalue weighted by Crippen LogP contribution is -2.65. The number of hydrogen-bond acceptors (Lipinski definition) is 5. The Kier molecular flexibility index (Phi) is 3.73. The second kappa shape index (κ2) is 5.84. The highest BCUT2D eigenvalue weighted by atomic mass is 32.1. The molecule has 0 amide bonds. The third-order valence-electron chi connectivity index (χ3n) is 4.79. The molecular formula is C18H17N3O4S. The molecule has 0 radical (unpaired) electrons. The van der Waals surface area contributed by atoms with Gasteiger partial charge in [-0.3, -0.25) is 15.0 Å². The highest BCUT2D eigenvalue weighted by molar-refractivity contribution is 7.80. The molecule has 2 aromatic rings. The van der Waals surface area contributed by atoms with Crippen molar-refractivity contribution in [3.63, 3.8) is 0 Å². The van der Waals surface area contributed by atoms with Gasteiger partial charge in [0.25, 0.3) is 5.69 Å². The molecule has 134 valence electrons. The number of hydrogen-bond donors (Lipinski definition) is 1. The van der Waals surface area contributed by atoms with E-state index < -0.39 is 10.6 Å². The molecule has 2 heterocycles. The molecule has 2 aliphatic heterocycles. The second-order valence-corrected chi connectivity index (χ2v) is 6.86. The van der Waals surface area contributed by atoms with E-state index in [4.69, 9.17) is 21.7 Å². The predicted octanol–water partition coefficient (Wildman–Crippen LogP) is 3.54. The van der Waals surface area contributed by atoms with Gasteiger partial charge in [0.2, 0.25) is 0 Å². The molecule has 1 fully saturated rings. The number of anilines is 1. The summed E-state index contributed by atoms with van der Waals surface area (Å²) >= 11 is 5.60. The molecule has 1 saturated heterocycles.